The van der Waals surface area contributed by atoms with Gasteiger partial charge in [0.05, 0.1) is 18.0 Å². The van der Waals surface area contributed by atoms with E-state index in [-0.39, 0.29) is 23.4 Å². The van der Waals surface area contributed by atoms with Gasteiger partial charge in [-0.3, -0.25) is 0 Å². The third kappa shape index (κ3) is 1.98. The largest absolute Gasteiger partial charge is 0.493 e. The number of hydrogen-bond acceptors (Lipinski definition) is 3. The first kappa shape index (κ1) is 11.9. The smallest absolute Gasteiger partial charge is 0.100 e. The van der Waals surface area contributed by atoms with E-state index in [2.05, 4.69) is 6.58 Å². The highest BCUT2D eigenvalue weighted by molar-refractivity contribution is 5.10. The Labute approximate surface area is 97.1 Å². The molecule has 0 aromatic carbocycles. The van der Waals surface area contributed by atoms with E-state index in [1.165, 1.54) is 0 Å². The van der Waals surface area contributed by atoms with Crippen molar-refractivity contribution in [1.82, 2.24) is 0 Å². The van der Waals surface area contributed by atoms with Gasteiger partial charge < -0.3 is 14.9 Å². The van der Waals surface area contributed by atoms with Crippen molar-refractivity contribution in [2.75, 3.05) is 0 Å². The van der Waals surface area contributed by atoms with Crippen molar-refractivity contribution in [3.05, 3.63) is 12.3 Å². The highest BCUT2D eigenvalue weighted by Crippen LogP contribution is 2.51. The van der Waals surface area contributed by atoms with Gasteiger partial charge in [0, 0.05) is 5.92 Å². The Hall–Kier alpha value is -0.540. The van der Waals surface area contributed by atoms with Gasteiger partial charge >= 0.3 is 0 Å². The molecule has 0 saturated heterocycles. The lowest BCUT2D eigenvalue weighted by Gasteiger charge is -2.33. The monoisotopic (exact) mass is 226 g/mol. The molecule has 2 fully saturated rings. The molecule has 0 spiro atoms. The minimum absolute atomic E-state index is 0.134. The van der Waals surface area contributed by atoms with Crippen LogP contribution in [0.1, 0.15) is 33.6 Å². The van der Waals surface area contributed by atoms with Gasteiger partial charge in [-0.15, -0.1) is 0 Å². The summed E-state index contributed by atoms with van der Waals surface area (Å²) in [6, 6.07) is 0. The maximum Gasteiger partial charge on any atom is 0.100 e. The van der Waals surface area contributed by atoms with E-state index in [9.17, 15) is 10.2 Å². The van der Waals surface area contributed by atoms with E-state index in [0.717, 1.165) is 18.6 Å². The Morgan fingerprint density at radius 3 is 2.25 bits per heavy atom. The standard InChI is InChI=1S/C13H22O3/c1-7(16-13(2,3)4)9-5-8-6-10(9)12(15)11(8)14/h8-12,14-15H,1,5-6H2,2-4H3. The van der Waals surface area contributed by atoms with Crippen LogP contribution in [0.2, 0.25) is 0 Å². The van der Waals surface area contributed by atoms with Crippen LogP contribution >= 0.6 is 0 Å². The zero-order valence-corrected chi connectivity index (χ0v) is 10.3. The molecule has 5 atom stereocenters. The summed E-state index contributed by atoms with van der Waals surface area (Å²) in [6.07, 6.45) is 0.671. The van der Waals surface area contributed by atoms with Crippen molar-refractivity contribution < 1.29 is 14.9 Å². The van der Waals surface area contributed by atoms with Crippen LogP contribution in [0.5, 0.6) is 0 Å². The second kappa shape index (κ2) is 3.74. The summed E-state index contributed by atoms with van der Waals surface area (Å²) in [5, 5.41) is 19.6. The average molecular weight is 226 g/mol. The summed E-state index contributed by atoms with van der Waals surface area (Å²) in [5.41, 5.74) is -0.234. The molecule has 3 nitrogen and oxygen atoms in total. The van der Waals surface area contributed by atoms with Crippen molar-refractivity contribution >= 4 is 0 Å². The van der Waals surface area contributed by atoms with Crippen LogP contribution < -0.4 is 0 Å². The molecule has 0 aromatic rings. The molecule has 5 unspecified atom stereocenters. The Balaban J connectivity index is 2.01. The molecule has 0 amide bonds. The molecule has 0 heterocycles. The first-order valence-corrected chi connectivity index (χ1v) is 6.03. The minimum atomic E-state index is -0.593. The first-order valence-electron chi connectivity index (χ1n) is 6.03. The quantitative estimate of drug-likeness (QED) is 0.704. The average Bonchev–Trinajstić information content (AvgIpc) is 2.65. The second-order valence-corrected chi connectivity index (χ2v) is 6.16. The lowest BCUT2D eigenvalue weighted by atomic mass is 9.84. The molecule has 0 radical (unpaired) electrons. The van der Waals surface area contributed by atoms with Crippen molar-refractivity contribution in [3.8, 4) is 0 Å². The van der Waals surface area contributed by atoms with E-state index in [4.69, 9.17) is 4.74 Å². The van der Waals surface area contributed by atoms with Gasteiger partial charge in [0.25, 0.3) is 0 Å². The van der Waals surface area contributed by atoms with Crippen LogP contribution in [0.25, 0.3) is 0 Å². The number of ether oxygens (including phenoxy) is 1. The zero-order chi connectivity index (χ0) is 12.1. The fourth-order valence-corrected chi connectivity index (χ4v) is 3.14. The SMILES string of the molecule is C=C(OC(C)(C)C)C1CC2CC1C(O)C2O. The number of allylic oxidation sites excluding steroid dienone is 1. The molecule has 2 bridgehead atoms. The summed E-state index contributed by atoms with van der Waals surface area (Å²) in [6.45, 7) is 9.98. The van der Waals surface area contributed by atoms with Gasteiger partial charge in [0.1, 0.15) is 5.60 Å². The first-order chi connectivity index (χ1) is 7.29. The highest BCUT2D eigenvalue weighted by atomic mass is 16.5. The molecule has 2 aliphatic carbocycles. The van der Waals surface area contributed by atoms with Crippen LogP contribution in [-0.4, -0.2) is 28.0 Å². The van der Waals surface area contributed by atoms with Gasteiger partial charge in [-0.05, 0) is 45.4 Å². The Morgan fingerprint density at radius 1 is 1.19 bits per heavy atom. The number of fused-ring (bicyclic) bond motifs is 2. The predicted molar refractivity (Wildman–Crippen MR) is 61.7 cm³/mol. The van der Waals surface area contributed by atoms with Gasteiger partial charge in [0.2, 0.25) is 0 Å². The molecule has 2 saturated carbocycles. The summed E-state index contributed by atoms with van der Waals surface area (Å²) in [5.74, 6) is 1.34. The van der Waals surface area contributed by atoms with Gasteiger partial charge in [0.15, 0.2) is 0 Å². The normalized spacial score (nSPS) is 42.4. The summed E-state index contributed by atoms with van der Waals surface area (Å²) >= 11 is 0. The van der Waals surface area contributed by atoms with E-state index in [1.54, 1.807) is 0 Å². The zero-order valence-electron chi connectivity index (χ0n) is 10.3. The molecule has 0 aromatic heterocycles. The topological polar surface area (TPSA) is 49.7 Å². The molecule has 92 valence electrons. The number of rotatable bonds is 2. The Morgan fingerprint density at radius 2 is 1.81 bits per heavy atom. The van der Waals surface area contributed by atoms with E-state index in [1.807, 2.05) is 20.8 Å². The third-order valence-corrected chi connectivity index (χ3v) is 3.77. The maximum absolute atomic E-state index is 9.86. The molecule has 2 rings (SSSR count). The molecule has 2 aliphatic rings. The molecule has 2 N–H and O–H groups in total. The van der Waals surface area contributed by atoms with E-state index >= 15 is 0 Å². The van der Waals surface area contributed by atoms with Gasteiger partial charge in [-0.1, -0.05) is 6.58 Å². The molecule has 16 heavy (non-hydrogen) atoms. The fraction of sp³-hybridized carbons (Fsp3) is 0.846. The lowest BCUT2D eigenvalue weighted by Crippen LogP contribution is -2.38. The summed E-state index contributed by atoms with van der Waals surface area (Å²) in [4.78, 5) is 0. The Kier molecular flexibility index (Phi) is 2.79. The number of aliphatic hydroxyl groups is 2. The molecular formula is C13H22O3. The number of aliphatic hydroxyl groups excluding tert-OH is 2. The summed E-state index contributed by atoms with van der Waals surface area (Å²) in [7, 11) is 0. The van der Waals surface area contributed by atoms with Crippen molar-refractivity contribution in [2.24, 2.45) is 17.8 Å². The van der Waals surface area contributed by atoms with Gasteiger partial charge in [-0.25, -0.2) is 0 Å². The van der Waals surface area contributed by atoms with Crippen LogP contribution in [0.15, 0.2) is 12.3 Å². The molecule has 0 aliphatic heterocycles. The van der Waals surface area contributed by atoms with Crippen LogP contribution in [-0.2, 0) is 4.74 Å². The second-order valence-electron chi connectivity index (χ2n) is 6.16. The molecular weight excluding hydrogens is 204 g/mol. The van der Waals surface area contributed by atoms with Crippen LogP contribution in [0.3, 0.4) is 0 Å². The fourth-order valence-electron chi connectivity index (χ4n) is 3.14. The summed E-state index contributed by atoms with van der Waals surface area (Å²) < 4.78 is 5.77. The van der Waals surface area contributed by atoms with Crippen LogP contribution in [0.4, 0.5) is 0 Å². The van der Waals surface area contributed by atoms with Crippen molar-refractivity contribution in [2.45, 2.75) is 51.4 Å². The van der Waals surface area contributed by atoms with E-state index < -0.39 is 12.2 Å². The highest BCUT2D eigenvalue weighted by Gasteiger charge is 2.53. The third-order valence-electron chi connectivity index (χ3n) is 3.77. The maximum atomic E-state index is 9.86. The molecule has 3 heteroatoms. The van der Waals surface area contributed by atoms with Crippen molar-refractivity contribution in [1.29, 1.82) is 0 Å². The lowest BCUT2D eigenvalue weighted by molar-refractivity contribution is -0.0470. The predicted octanol–water partition coefficient (Wildman–Crippen LogP) is 1.69. The minimum Gasteiger partial charge on any atom is -0.493 e. The van der Waals surface area contributed by atoms with Crippen molar-refractivity contribution in [3.63, 3.8) is 0 Å². The van der Waals surface area contributed by atoms with E-state index in [0.29, 0.717) is 0 Å². The van der Waals surface area contributed by atoms with Gasteiger partial charge in [-0.2, -0.15) is 0 Å². The Bertz CT molecular complexity index is 290. The van der Waals surface area contributed by atoms with Crippen LogP contribution in [0, 0.1) is 17.8 Å². The number of hydrogen-bond donors (Lipinski definition) is 2.